The fourth-order valence-electron chi connectivity index (χ4n) is 1.76. The Morgan fingerprint density at radius 1 is 1.46 bits per heavy atom. The van der Waals surface area contributed by atoms with Crippen LogP contribution in [0.1, 0.15) is 17.9 Å². The molecule has 0 radical (unpaired) electrons. The Bertz CT molecular complexity index is 335. The van der Waals surface area contributed by atoms with Crippen LogP contribution in [0, 0.1) is 0 Å². The van der Waals surface area contributed by atoms with Crippen LogP contribution in [0.25, 0.3) is 0 Å². The Morgan fingerprint density at radius 2 is 2.23 bits per heavy atom. The SMILES string of the molecule is NC(=O)[C@@H]1CCNc2ccccc21. The highest BCUT2D eigenvalue weighted by Crippen LogP contribution is 2.30. The predicted octanol–water partition coefficient (Wildman–Crippen LogP) is 1.07. The minimum atomic E-state index is -0.228. The number of anilines is 1. The van der Waals surface area contributed by atoms with Gasteiger partial charge in [0.05, 0.1) is 5.92 Å². The topological polar surface area (TPSA) is 55.1 Å². The number of carbonyl (C=O) groups excluding carboxylic acids is 1. The monoisotopic (exact) mass is 176 g/mol. The van der Waals surface area contributed by atoms with Crippen molar-refractivity contribution in [1.82, 2.24) is 0 Å². The maximum Gasteiger partial charge on any atom is 0.225 e. The second kappa shape index (κ2) is 3.09. The summed E-state index contributed by atoms with van der Waals surface area (Å²) in [4.78, 5) is 11.1. The summed E-state index contributed by atoms with van der Waals surface area (Å²) in [6, 6.07) is 7.82. The third-order valence-corrected chi connectivity index (χ3v) is 2.43. The highest BCUT2D eigenvalue weighted by atomic mass is 16.1. The van der Waals surface area contributed by atoms with Gasteiger partial charge in [-0.05, 0) is 18.1 Å². The highest BCUT2D eigenvalue weighted by Gasteiger charge is 2.23. The third kappa shape index (κ3) is 1.37. The van der Waals surface area contributed by atoms with Gasteiger partial charge in [-0.15, -0.1) is 0 Å². The molecule has 0 fully saturated rings. The molecule has 1 aromatic rings. The predicted molar refractivity (Wildman–Crippen MR) is 51.5 cm³/mol. The molecular weight excluding hydrogens is 164 g/mol. The smallest absolute Gasteiger partial charge is 0.225 e. The number of fused-ring (bicyclic) bond motifs is 1. The average molecular weight is 176 g/mol. The quantitative estimate of drug-likeness (QED) is 0.672. The Kier molecular flexibility index (Phi) is 1.93. The van der Waals surface area contributed by atoms with Crippen molar-refractivity contribution in [3.63, 3.8) is 0 Å². The summed E-state index contributed by atoms with van der Waals surface area (Å²) in [7, 11) is 0. The molecule has 0 spiro atoms. The maximum atomic E-state index is 11.1. The van der Waals surface area contributed by atoms with Gasteiger partial charge in [0.15, 0.2) is 0 Å². The van der Waals surface area contributed by atoms with Crippen LogP contribution in [0.4, 0.5) is 5.69 Å². The molecule has 13 heavy (non-hydrogen) atoms. The van der Waals surface area contributed by atoms with Crippen LogP contribution in [0.5, 0.6) is 0 Å². The van der Waals surface area contributed by atoms with E-state index in [1.54, 1.807) is 0 Å². The fraction of sp³-hybridized carbons (Fsp3) is 0.300. The number of para-hydroxylation sites is 1. The van der Waals surface area contributed by atoms with E-state index < -0.39 is 0 Å². The molecule has 1 aliphatic rings. The second-order valence-electron chi connectivity index (χ2n) is 3.26. The van der Waals surface area contributed by atoms with Gasteiger partial charge in [0.25, 0.3) is 0 Å². The highest BCUT2D eigenvalue weighted by molar-refractivity contribution is 5.84. The summed E-state index contributed by atoms with van der Waals surface area (Å²) >= 11 is 0. The molecule has 0 saturated heterocycles. The molecule has 0 bridgehead atoms. The molecule has 1 amide bonds. The van der Waals surface area contributed by atoms with E-state index in [-0.39, 0.29) is 11.8 Å². The van der Waals surface area contributed by atoms with Crippen LogP contribution in [0.2, 0.25) is 0 Å². The Hall–Kier alpha value is -1.51. The minimum Gasteiger partial charge on any atom is -0.385 e. The number of hydrogen-bond acceptors (Lipinski definition) is 2. The van der Waals surface area contributed by atoms with Crippen molar-refractivity contribution in [3.05, 3.63) is 29.8 Å². The van der Waals surface area contributed by atoms with Gasteiger partial charge in [-0.2, -0.15) is 0 Å². The van der Waals surface area contributed by atoms with Gasteiger partial charge in [-0.3, -0.25) is 4.79 Å². The number of rotatable bonds is 1. The number of nitrogens with one attached hydrogen (secondary N) is 1. The molecular formula is C10H12N2O. The zero-order chi connectivity index (χ0) is 9.26. The van der Waals surface area contributed by atoms with Gasteiger partial charge in [0.2, 0.25) is 5.91 Å². The van der Waals surface area contributed by atoms with Crippen LogP contribution in [-0.4, -0.2) is 12.5 Å². The van der Waals surface area contributed by atoms with Crippen LogP contribution >= 0.6 is 0 Å². The first-order chi connectivity index (χ1) is 6.29. The summed E-state index contributed by atoms with van der Waals surface area (Å²) in [5, 5.41) is 3.24. The number of amides is 1. The molecule has 1 aliphatic heterocycles. The number of hydrogen-bond donors (Lipinski definition) is 2. The molecule has 1 atom stereocenters. The summed E-state index contributed by atoms with van der Waals surface area (Å²) < 4.78 is 0. The van der Waals surface area contributed by atoms with Crippen molar-refractivity contribution in [2.24, 2.45) is 5.73 Å². The van der Waals surface area contributed by atoms with E-state index in [0.29, 0.717) is 0 Å². The largest absolute Gasteiger partial charge is 0.385 e. The maximum absolute atomic E-state index is 11.1. The van der Waals surface area contributed by atoms with Gasteiger partial charge >= 0.3 is 0 Å². The summed E-state index contributed by atoms with van der Waals surface area (Å²) in [5.74, 6) is -0.341. The van der Waals surface area contributed by atoms with Crippen molar-refractivity contribution in [2.45, 2.75) is 12.3 Å². The van der Waals surface area contributed by atoms with E-state index in [9.17, 15) is 4.79 Å². The van der Waals surface area contributed by atoms with Crippen molar-refractivity contribution in [2.75, 3.05) is 11.9 Å². The molecule has 3 nitrogen and oxygen atoms in total. The lowest BCUT2D eigenvalue weighted by Crippen LogP contribution is -2.27. The normalized spacial score (nSPS) is 20.2. The Labute approximate surface area is 76.9 Å². The third-order valence-electron chi connectivity index (χ3n) is 2.43. The lowest BCUT2D eigenvalue weighted by atomic mass is 9.91. The number of nitrogens with two attached hydrogens (primary N) is 1. The van der Waals surface area contributed by atoms with Crippen LogP contribution in [0.3, 0.4) is 0 Å². The van der Waals surface area contributed by atoms with E-state index in [1.807, 2.05) is 24.3 Å². The van der Waals surface area contributed by atoms with Crippen molar-refractivity contribution < 1.29 is 4.79 Å². The summed E-state index contributed by atoms with van der Waals surface area (Å²) in [6.07, 6.45) is 0.798. The molecule has 68 valence electrons. The van der Waals surface area contributed by atoms with E-state index in [0.717, 1.165) is 24.2 Å². The first-order valence-electron chi connectivity index (χ1n) is 4.41. The molecule has 3 heteroatoms. The Balaban J connectivity index is 2.42. The van der Waals surface area contributed by atoms with Gasteiger partial charge < -0.3 is 11.1 Å². The van der Waals surface area contributed by atoms with E-state index >= 15 is 0 Å². The van der Waals surface area contributed by atoms with Crippen LogP contribution < -0.4 is 11.1 Å². The first-order valence-corrected chi connectivity index (χ1v) is 4.41. The molecule has 1 aromatic carbocycles. The average Bonchev–Trinajstić information content (AvgIpc) is 2.17. The summed E-state index contributed by atoms with van der Waals surface area (Å²) in [6.45, 7) is 0.824. The molecule has 0 aliphatic carbocycles. The zero-order valence-electron chi connectivity index (χ0n) is 7.29. The van der Waals surface area contributed by atoms with E-state index in [1.165, 1.54) is 0 Å². The van der Waals surface area contributed by atoms with Gasteiger partial charge in [-0.25, -0.2) is 0 Å². The van der Waals surface area contributed by atoms with Crippen LogP contribution in [-0.2, 0) is 4.79 Å². The summed E-state index contributed by atoms with van der Waals surface area (Å²) in [5.41, 5.74) is 7.38. The molecule has 0 saturated carbocycles. The zero-order valence-corrected chi connectivity index (χ0v) is 7.29. The molecule has 3 N–H and O–H groups in total. The lowest BCUT2D eigenvalue weighted by Gasteiger charge is -2.24. The van der Waals surface area contributed by atoms with Gasteiger partial charge in [0, 0.05) is 12.2 Å². The minimum absolute atomic E-state index is 0.113. The lowest BCUT2D eigenvalue weighted by molar-refractivity contribution is -0.119. The standard InChI is InChI=1S/C10H12N2O/c11-10(13)8-5-6-12-9-4-2-1-3-7(8)9/h1-4,8,12H,5-6H2,(H2,11,13)/t8-/m1/s1. The molecule has 2 rings (SSSR count). The van der Waals surface area contributed by atoms with Gasteiger partial charge in [-0.1, -0.05) is 18.2 Å². The second-order valence-corrected chi connectivity index (χ2v) is 3.26. The molecule has 0 aromatic heterocycles. The van der Waals surface area contributed by atoms with Crippen molar-refractivity contribution >= 4 is 11.6 Å². The van der Waals surface area contributed by atoms with Gasteiger partial charge in [0.1, 0.15) is 0 Å². The van der Waals surface area contributed by atoms with Crippen LogP contribution in [0.15, 0.2) is 24.3 Å². The van der Waals surface area contributed by atoms with E-state index in [2.05, 4.69) is 5.32 Å². The van der Waals surface area contributed by atoms with Crippen molar-refractivity contribution in [3.8, 4) is 0 Å². The Morgan fingerprint density at radius 3 is 3.00 bits per heavy atom. The molecule has 1 heterocycles. The fourth-order valence-corrected chi connectivity index (χ4v) is 1.76. The van der Waals surface area contributed by atoms with E-state index in [4.69, 9.17) is 5.73 Å². The number of primary amides is 1. The first kappa shape index (κ1) is 8.10. The molecule has 0 unspecified atom stereocenters. The number of benzene rings is 1. The van der Waals surface area contributed by atoms with Crippen molar-refractivity contribution in [1.29, 1.82) is 0 Å². The number of carbonyl (C=O) groups is 1.